The largest absolute Gasteiger partial charge is 0.325 e. The van der Waals surface area contributed by atoms with E-state index in [1.165, 1.54) is 46.5 Å². The predicted molar refractivity (Wildman–Crippen MR) is 114 cm³/mol. The first-order valence-corrected chi connectivity index (χ1v) is 10.4. The van der Waals surface area contributed by atoms with E-state index >= 15 is 0 Å². The van der Waals surface area contributed by atoms with Gasteiger partial charge < -0.3 is 10.2 Å². The Balaban J connectivity index is 1.93. The lowest BCUT2D eigenvalue weighted by molar-refractivity contribution is 0.631. The summed E-state index contributed by atoms with van der Waals surface area (Å²) < 4.78 is 0. The fraction of sp³-hybridized carbons (Fsp3) is 0.565. The molecule has 0 spiro atoms. The summed E-state index contributed by atoms with van der Waals surface area (Å²) in [4.78, 5) is 12.1. The second-order valence-corrected chi connectivity index (χ2v) is 8.07. The number of fused-ring (bicyclic) bond motifs is 1. The first-order valence-electron chi connectivity index (χ1n) is 10.4. The highest BCUT2D eigenvalue weighted by Crippen LogP contribution is 2.43. The number of hydrogen-bond donors (Lipinski definition) is 1. The quantitative estimate of drug-likeness (QED) is 0.708. The zero-order chi connectivity index (χ0) is 19.6. The minimum atomic E-state index is 0.450. The molecule has 146 valence electrons. The van der Waals surface area contributed by atoms with Crippen LogP contribution < -0.4 is 10.2 Å². The van der Waals surface area contributed by atoms with Crippen molar-refractivity contribution >= 4 is 11.5 Å². The number of nitrogens with one attached hydrogen (secondary N) is 1. The summed E-state index contributed by atoms with van der Waals surface area (Å²) in [5.74, 6) is 2.44. The number of aryl methyl sites for hydroxylation is 4. The van der Waals surface area contributed by atoms with Gasteiger partial charge in [-0.15, -0.1) is 0 Å². The minimum absolute atomic E-state index is 0.450. The van der Waals surface area contributed by atoms with Crippen molar-refractivity contribution in [2.45, 2.75) is 66.7 Å². The molecule has 0 aliphatic carbocycles. The van der Waals surface area contributed by atoms with E-state index in [2.05, 4.69) is 57.0 Å². The molecular weight excluding hydrogens is 332 g/mol. The Morgan fingerprint density at radius 1 is 1.07 bits per heavy atom. The second-order valence-electron chi connectivity index (χ2n) is 8.07. The molecule has 0 amide bonds. The Labute approximate surface area is 164 Å². The number of unbranched alkanes of at least 4 members (excludes halogenated alkanes) is 1. The van der Waals surface area contributed by atoms with E-state index in [-0.39, 0.29) is 0 Å². The molecule has 4 heteroatoms. The molecule has 1 aromatic heterocycles. The van der Waals surface area contributed by atoms with Crippen molar-refractivity contribution in [3.8, 4) is 0 Å². The molecule has 2 aromatic rings. The van der Waals surface area contributed by atoms with E-state index in [9.17, 15) is 0 Å². The first kappa shape index (κ1) is 19.8. The van der Waals surface area contributed by atoms with Gasteiger partial charge in [-0.3, -0.25) is 0 Å². The summed E-state index contributed by atoms with van der Waals surface area (Å²) in [5.41, 5.74) is 7.85. The number of benzene rings is 1. The highest BCUT2D eigenvalue weighted by molar-refractivity contribution is 5.73. The van der Waals surface area contributed by atoms with Crippen LogP contribution in [0.25, 0.3) is 0 Å². The Morgan fingerprint density at radius 3 is 2.44 bits per heavy atom. The molecule has 0 radical (unpaired) electrons. The highest BCUT2D eigenvalue weighted by Gasteiger charge is 2.32. The van der Waals surface area contributed by atoms with Gasteiger partial charge in [0.05, 0.1) is 5.69 Å². The van der Waals surface area contributed by atoms with Crippen molar-refractivity contribution in [3.63, 3.8) is 0 Å². The maximum absolute atomic E-state index is 4.88. The van der Waals surface area contributed by atoms with Crippen LogP contribution in [0.1, 0.15) is 66.4 Å². The number of nitrogens with zero attached hydrogens (tertiary/aromatic N) is 3. The highest BCUT2D eigenvalue weighted by atomic mass is 15.2. The van der Waals surface area contributed by atoms with Crippen LogP contribution in [-0.4, -0.2) is 29.6 Å². The molecule has 1 aliphatic heterocycles. The summed E-state index contributed by atoms with van der Waals surface area (Å²) in [6.45, 7) is 16.2. The van der Waals surface area contributed by atoms with Crippen molar-refractivity contribution in [1.82, 2.24) is 15.3 Å². The average Bonchev–Trinajstić information content (AvgIpc) is 2.90. The SMILES string of the molecule is CCCCNCCc1nc(C)nc2c1C(C)CN2c1c(C)cc(C)cc1C. The van der Waals surface area contributed by atoms with Crippen molar-refractivity contribution in [1.29, 1.82) is 0 Å². The molecular formula is C23H34N4. The van der Waals surface area contributed by atoms with Gasteiger partial charge in [0.15, 0.2) is 0 Å². The van der Waals surface area contributed by atoms with Gasteiger partial charge in [-0.05, 0) is 51.8 Å². The van der Waals surface area contributed by atoms with Crippen molar-refractivity contribution in [2.75, 3.05) is 24.5 Å². The summed E-state index contributed by atoms with van der Waals surface area (Å²) in [5, 5.41) is 3.55. The van der Waals surface area contributed by atoms with Crippen LogP contribution in [0, 0.1) is 27.7 Å². The maximum Gasteiger partial charge on any atom is 0.140 e. The topological polar surface area (TPSA) is 41.1 Å². The standard InChI is InChI=1S/C23H34N4/c1-7-8-10-24-11-9-20-21-18(5)14-27(23(21)26-19(6)25-20)22-16(3)12-15(2)13-17(22)4/h12-13,18,24H,7-11,14H2,1-6H3. The van der Waals surface area contributed by atoms with Gasteiger partial charge in [-0.25, -0.2) is 9.97 Å². The van der Waals surface area contributed by atoms with Gasteiger partial charge in [-0.1, -0.05) is 38.0 Å². The summed E-state index contributed by atoms with van der Waals surface area (Å²) in [6.07, 6.45) is 3.44. The average molecular weight is 367 g/mol. The molecule has 0 fully saturated rings. The first-order chi connectivity index (χ1) is 12.9. The van der Waals surface area contributed by atoms with Crippen LogP contribution >= 0.6 is 0 Å². The van der Waals surface area contributed by atoms with Gasteiger partial charge >= 0.3 is 0 Å². The fourth-order valence-electron chi connectivity index (χ4n) is 4.40. The monoisotopic (exact) mass is 366 g/mol. The predicted octanol–water partition coefficient (Wildman–Crippen LogP) is 4.90. The van der Waals surface area contributed by atoms with E-state index in [4.69, 9.17) is 9.97 Å². The van der Waals surface area contributed by atoms with Crippen LogP contribution in [0.5, 0.6) is 0 Å². The van der Waals surface area contributed by atoms with E-state index in [1.54, 1.807) is 0 Å². The molecule has 2 heterocycles. The molecule has 27 heavy (non-hydrogen) atoms. The van der Waals surface area contributed by atoms with Crippen molar-refractivity contribution < 1.29 is 0 Å². The second kappa shape index (κ2) is 8.39. The van der Waals surface area contributed by atoms with Crippen LogP contribution in [0.2, 0.25) is 0 Å². The molecule has 0 saturated carbocycles. The summed E-state index contributed by atoms with van der Waals surface area (Å²) >= 11 is 0. The Bertz CT molecular complexity index is 789. The number of rotatable bonds is 7. The van der Waals surface area contributed by atoms with E-state index in [0.29, 0.717) is 5.92 Å². The van der Waals surface area contributed by atoms with Crippen molar-refractivity contribution in [2.24, 2.45) is 0 Å². The number of hydrogen-bond acceptors (Lipinski definition) is 4. The Hall–Kier alpha value is -1.94. The van der Waals surface area contributed by atoms with Gasteiger partial charge in [-0.2, -0.15) is 0 Å². The van der Waals surface area contributed by atoms with Gasteiger partial charge in [0.25, 0.3) is 0 Å². The lowest BCUT2D eigenvalue weighted by Crippen LogP contribution is -2.20. The summed E-state index contributed by atoms with van der Waals surface area (Å²) in [7, 11) is 0. The van der Waals surface area contributed by atoms with Crippen LogP contribution in [0.4, 0.5) is 11.5 Å². The lowest BCUT2D eigenvalue weighted by atomic mass is 10.0. The van der Waals surface area contributed by atoms with Gasteiger partial charge in [0.2, 0.25) is 0 Å². The lowest BCUT2D eigenvalue weighted by Gasteiger charge is -2.24. The van der Waals surface area contributed by atoms with Gasteiger partial charge in [0.1, 0.15) is 11.6 Å². The molecule has 4 nitrogen and oxygen atoms in total. The number of aromatic nitrogens is 2. The molecule has 3 rings (SSSR count). The van der Waals surface area contributed by atoms with Crippen LogP contribution in [0.15, 0.2) is 12.1 Å². The zero-order valence-electron chi connectivity index (χ0n) is 17.8. The fourth-order valence-corrected chi connectivity index (χ4v) is 4.40. The third-order valence-corrected chi connectivity index (χ3v) is 5.47. The molecule has 1 aliphatic rings. The summed E-state index contributed by atoms with van der Waals surface area (Å²) in [6, 6.07) is 4.55. The third kappa shape index (κ3) is 4.16. The smallest absolute Gasteiger partial charge is 0.140 e. The Morgan fingerprint density at radius 2 is 1.78 bits per heavy atom. The normalized spacial score (nSPS) is 16.1. The minimum Gasteiger partial charge on any atom is -0.325 e. The van der Waals surface area contributed by atoms with E-state index in [0.717, 1.165) is 37.7 Å². The molecule has 1 atom stereocenters. The third-order valence-electron chi connectivity index (χ3n) is 5.47. The van der Waals surface area contributed by atoms with E-state index in [1.807, 2.05) is 6.92 Å². The molecule has 0 bridgehead atoms. The molecule has 1 N–H and O–H groups in total. The molecule has 0 saturated heterocycles. The molecule has 1 aromatic carbocycles. The maximum atomic E-state index is 4.88. The Kier molecular flexibility index (Phi) is 6.15. The van der Waals surface area contributed by atoms with E-state index < -0.39 is 0 Å². The van der Waals surface area contributed by atoms with Gasteiger partial charge in [0, 0.05) is 36.7 Å². The van der Waals surface area contributed by atoms with Crippen LogP contribution in [0.3, 0.4) is 0 Å². The number of anilines is 2. The molecule has 1 unspecified atom stereocenters. The van der Waals surface area contributed by atoms with Crippen molar-refractivity contribution in [3.05, 3.63) is 45.9 Å². The van der Waals surface area contributed by atoms with Crippen LogP contribution in [-0.2, 0) is 6.42 Å². The zero-order valence-corrected chi connectivity index (χ0v) is 17.8.